The van der Waals surface area contributed by atoms with Crippen molar-refractivity contribution < 1.29 is 24.3 Å². The zero-order valence-corrected chi connectivity index (χ0v) is 19.7. The molecule has 9 nitrogen and oxygen atoms in total. The number of fused-ring (bicyclic) bond motifs is 1. The number of aromatic nitrogens is 1. The lowest BCUT2D eigenvalue weighted by Gasteiger charge is -2.19. The summed E-state index contributed by atoms with van der Waals surface area (Å²) in [6, 6.07) is 16.3. The number of likely N-dealkylation sites (tertiary alicyclic amines) is 1. The molecule has 3 N–H and O–H groups in total. The topological polar surface area (TPSA) is 121 Å². The average molecular weight is 477 g/mol. The van der Waals surface area contributed by atoms with Gasteiger partial charge in [-0.25, -0.2) is 5.48 Å². The molecule has 1 fully saturated rings. The Labute approximate surface area is 203 Å². The zero-order chi connectivity index (χ0) is 24.9. The molecule has 3 amide bonds. The molecule has 9 heteroatoms. The van der Waals surface area contributed by atoms with Gasteiger partial charge in [0.25, 0.3) is 5.91 Å². The lowest BCUT2D eigenvalue weighted by Crippen LogP contribution is -2.42. The van der Waals surface area contributed by atoms with Crippen LogP contribution >= 0.6 is 0 Å². The number of carbonyl (C=O) groups is 3. The van der Waals surface area contributed by atoms with Crippen LogP contribution in [-0.2, 0) is 16.2 Å². The van der Waals surface area contributed by atoms with Gasteiger partial charge in [0.15, 0.2) is 0 Å². The van der Waals surface area contributed by atoms with E-state index in [-0.39, 0.29) is 24.2 Å². The third-order valence-corrected chi connectivity index (χ3v) is 6.22. The zero-order valence-electron chi connectivity index (χ0n) is 19.7. The van der Waals surface area contributed by atoms with E-state index >= 15 is 0 Å². The predicted molar refractivity (Wildman–Crippen MR) is 129 cm³/mol. The van der Waals surface area contributed by atoms with Gasteiger partial charge in [0.1, 0.15) is 12.4 Å². The van der Waals surface area contributed by atoms with E-state index < -0.39 is 11.9 Å². The van der Waals surface area contributed by atoms with Crippen LogP contribution < -0.4 is 15.5 Å². The number of para-hydroxylation sites is 1. The number of hydrogen-bond donors (Lipinski definition) is 3. The highest BCUT2D eigenvalue weighted by Gasteiger charge is 2.36. The summed E-state index contributed by atoms with van der Waals surface area (Å²) in [5.41, 5.74) is 4.92. The van der Waals surface area contributed by atoms with E-state index in [0.717, 1.165) is 22.2 Å². The molecule has 0 spiro atoms. The maximum atomic E-state index is 12.8. The first-order valence-corrected chi connectivity index (χ1v) is 11.4. The summed E-state index contributed by atoms with van der Waals surface area (Å²) in [5, 5.41) is 12.8. The molecule has 182 valence electrons. The van der Waals surface area contributed by atoms with Crippen molar-refractivity contribution in [2.24, 2.45) is 5.92 Å². The van der Waals surface area contributed by atoms with E-state index in [1.807, 2.05) is 37.3 Å². The Bertz CT molecular complexity index is 1240. The monoisotopic (exact) mass is 476 g/mol. The van der Waals surface area contributed by atoms with Crippen molar-refractivity contribution in [3.63, 3.8) is 0 Å². The molecule has 2 atom stereocenters. The van der Waals surface area contributed by atoms with Crippen molar-refractivity contribution in [3.8, 4) is 5.75 Å². The van der Waals surface area contributed by atoms with E-state index in [1.165, 1.54) is 6.92 Å². The van der Waals surface area contributed by atoms with Crippen molar-refractivity contribution in [1.82, 2.24) is 20.7 Å². The highest BCUT2D eigenvalue weighted by atomic mass is 16.5. The van der Waals surface area contributed by atoms with E-state index in [2.05, 4.69) is 10.3 Å². The number of hydroxylamine groups is 1. The van der Waals surface area contributed by atoms with Gasteiger partial charge in [0.2, 0.25) is 11.8 Å². The summed E-state index contributed by atoms with van der Waals surface area (Å²) in [5.74, 6) is -0.664. The summed E-state index contributed by atoms with van der Waals surface area (Å²) in [6.07, 6.45) is 0.00116. The molecule has 3 aromatic rings. The second-order valence-electron chi connectivity index (χ2n) is 8.76. The molecule has 0 radical (unpaired) electrons. The minimum atomic E-state index is -0.557. The van der Waals surface area contributed by atoms with Crippen LogP contribution in [0.3, 0.4) is 0 Å². The Morgan fingerprint density at radius 3 is 2.57 bits per heavy atom. The lowest BCUT2D eigenvalue weighted by atomic mass is 9.99. The first kappa shape index (κ1) is 24.2. The minimum Gasteiger partial charge on any atom is -0.489 e. The molecule has 1 aliphatic rings. The fourth-order valence-electron chi connectivity index (χ4n) is 4.41. The fourth-order valence-corrected chi connectivity index (χ4v) is 4.41. The van der Waals surface area contributed by atoms with Gasteiger partial charge in [0.05, 0.1) is 11.6 Å². The van der Waals surface area contributed by atoms with Gasteiger partial charge in [-0.15, -0.1) is 0 Å². The summed E-state index contributed by atoms with van der Waals surface area (Å²) in [6.45, 7) is 4.41. The van der Waals surface area contributed by atoms with Gasteiger partial charge < -0.3 is 15.0 Å². The molecule has 2 aromatic carbocycles. The number of nitrogens with one attached hydrogen (secondary N) is 2. The Morgan fingerprint density at radius 1 is 1.11 bits per heavy atom. The maximum absolute atomic E-state index is 12.8. The van der Waals surface area contributed by atoms with Gasteiger partial charge in [-0.1, -0.05) is 18.2 Å². The number of hydrogen-bond acceptors (Lipinski definition) is 6. The largest absolute Gasteiger partial charge is 0.489 e. The number of carbonyl (C=O) groups excluding carboxylic acids is 3. The van der Waals surface area contributed by atoms with Gasteiger partial charge in [-0.05, 0) is 43.3 Å². The Kier molecular flexibility index (Phi) is 7.26. The molecule has 0 bridgehead atoms. The minimum absolute atomic E-state index is 0.00116. The molecule has 1 aliphatic heterocycles. The first-order valence-electron chi connectivity index (χ1n) is 11.4. The van der Waals surface area contributed by atoms with E-state index in [9.17, 15) is 14.4 Å². The summed E-state index contributed by atoms with van der Waals surface area (Å²) < 4.78 is 5.97. The highest BCUT2D eigenvalue weighted by Crippen LogP contribution is 2.23. The third kappa shape index (κ3) is 5.75. The fraction of sp³-hybridized carbons (Fsp3) is 0.308. The van der Waals surface area contributed by atoms with Gasteiger partial charge in [-0.3, -0.25) is 24.6 Å². The Balaban J connectivity index is 1.40. The van der Waals surface area contributed by atoms with E-state index in [1.54, 1.807) is 34.6 Å². The molecule has 0 saturated carbocycles. The Hall–Kier alpha value is -3.98. The molecular weight excluding hydrogens is 448 g/mol. The normalized spacial score (nSPS) is 17.3. The number of amides is 3. The number of pyridine rings is 1. The van der Waals surface area contributed by atoms with Crippen LogP contribution in [0.5, 0.6) is 5.75 Å². The maximum Gasteiger partial charge on any atom is 0.251 e. The highest BCUT2D eigenvalue weighted by molar-refractivity contribution is 5.94. The van der Waals surface area contributed by atoms with Crippen LogP contribution in [0, 0.1) is 12.8 Å². The standard InChI is InChI=1S/C26H28N4O5/c1-16-11-20(22-5-3-4-6-23(22)27-16)15-35-21-9-7-18(8-10-21)26(33)28-24-14-30(17(2)31)13-19(24)12-25(32)29-34/h3-11,19,24,34H,12-15H2,1-2H3,(H,28,33)(H,29,32)/t19-,24+/m0/s1. The Morgan fingerprint density at radius 2 is 1.86 bits per heavy atom. The van der Waals surface area contributed by atoms with Gasteiger partial charge in [0, 0.05) is 54.6 Å². The molecule has 2 heterocycles. The lowest BCUT2D eigenvalue weighted by molar-refractivity contribution is -0.131. The summed E-state index contributed by atoms with van der Waals surface area (Å²) in [7, 11) is 0. The van der Waals surface area contributed by atoms with Gasteiger partial charge >= 0.3 is 0 Å². The van der Waals surface area contributed by atoms with Crippen LogP contribution in [0.2, 0.25) is 0 Å². The summed E-state index contributed by atoms with van der Waals surface area (Å²) in [4.78, 5) is 42.4. The molecule has 0 unspecified atom stereocenters. The van der Waals surface area contributed by atoms with Crippen molar-refractivity contribution in [2.45, 2.75) is 32.9 Å². The van der Waals surface area contributed by atoms with E-state index in [0.29, 0.717) is 31.0 Å². The van der Waals surface area contributed by atoms with Crippen LogP contribution in [0.25, 0.3) is 10.9 Å². The van der Waals surface area contributed by atoms with Crippen LogP contribution in [-0.4, -0.2) is 51.9 Å². The number of benzene rings is 2. The molecular formula is C26H28N4O5. The smallest absolute Gasteiger partial charge is 0.251 e. The van der Waals surface area contributed by atoms with Crippen molar-refractivity contribution in [1.29, 1.82) is 0 Å². The van der Waals surface area contributed by atoms with Crippen molar-refractivity contribution in [2.75, 3.05) is 13.1 Å². The molecule has 0 aliphatic carbocycles. The van der Waals surface area contributed by atoms with Crippen molar-refractivity contribution >= 4 is 28.6 Å². The van der Waals surface area contributed by atoms with Crippen LogP contribution in [0.15, 0.2) is 54.6 Å². The number of aryl methyl sites for hydroxylation is 1. The second kappa shape index (κ2) is 10.5. The third-order valence-electron chi connectivity index (χ3n) is 6.22. The predicted octanol–water partition coefficient (Wildman–Crippen LogP) is 2.59. The van der Waals surface area contributed by atoms with E-state index in [4.69, 9.17) is 9.94 Å². The SMILES string of the molecule is CC(=O)N1C[C@H](CC(=O)NO)[C@H](NC(=O)c2ccc(OCc3cc(C)nc4ccccc34)cc2)C1. The summed E-state index contributed by atoms with van der Waals surface area (Å²) >= 11 is 0. The number of ether oxygens (including phenoxy) is 1. The molecule has 35 heavy (non-hydrogen) atoms. The van der Waals surface area contributed by atoms with Crippen molar-refractivity contribution in [3.05, 3.63) is 71.4 Å². The molecule has 1 aromatic heterocycles. The quantitative estimate of drug-likeness (QED) is 0.356. The second-order valence-corrected chi connectivity index (χ2v) is 8.76. The van der Waals surface area contributed by atoms with Crippen LogP contribution in [0.4, 0.5) is 0 Å². The van der Waals surface area contributed by atoms with Gasteiger partial charge in [-0.2, -0.15) is 0 Å². The molecule has 4 rings (SSSR count). The average Bonchev–Trinajstić information content (AvgIpc) is 3.24. The van der Waals surface area contributed by atoms with Crippen LogP contribution in [0.1, 0.15) is 35.0 Å². The molecule has 1 saturated heterocycles. The number of rotatable bonds is 7. The first-order chi connectivity index (χ1) is 16.8. The number of nitrogens with zero attached hydrogens (tertiary/aromatic N) is 2.